The Bertz CT molecular complexity index is 615. The largest absolute Gasteiger partial charge is 0.338 e. The zero-order valence-electron chi connectivity index (χ0n) is 11.9. The van der Waals surface area contributed by atoms with Crippen molar-refractivity contribution >= 4 is 34.7 Å². The fourth-order valence-corrected chi connectivity index (χ4v) is 3.47. The second kappa shape index (κ2) is 5.97. The number of rotatable bonds is 2. The summed E-state index contributed by atoms with van der Waals surface area (Å²) in [5, 5.41) is -0.0924. The van der Waals surface area contributed by atoms with Gasteiger partial charge in [-0.15, -0.1) is 0 Å². The molecule has 6 heteroatoms. The summed E-state index contributed by atoms with van der Waals surface area (Å²) < 4.78 is 0. The van der Waals surface area contributed by atoms with Crippen molar-refractivity contribution in [2.24, 2.45) is 0 Å². The van der Waals surface area contributed by atoms with Crippen LogP contribution in [0, 0.1) is 0 Å². The van der Waals surface area contributed by atoms with E-state index in [-0.39, 0.29) is 17.3 Å². The number of carbonyl (C=O) groups is 2. The zero-order chi connectivity index (χ0) is 14.8. The van der Waals surface area contributed by atoms with Gasteiger partial charge in [-0.25, -0.2) is 9.97 Å². The third-order valence-electron chi connectivity index (χ3n) is 3.81. The van der Waals surface area contributed by atoms with Crippen LogP contribution in [0.5, 0.6) is 0 Å². The number of nitrogens with zero attached hydrogens (tertiary/aromatic N) is 3. The van der Waals surface area contributed by atoms with Crippen molar-refractivity contribution in [3.8, 4) is 0 Å². The van der Waals surface area contributed by atoms with Crippen LogP contribution >= 0.6 is 11.8 Å². The van der Waals surface area contributed by atoms with Crippen LogP contribution in [-0.4, -0.2) is 33.5 Å². The first kappa shape index (κ1) is 14.3. The molecule has 0 N–H and O–H groups in total. The molecule has 2 aliphatic rings. The molecule has 0 amide bonds. The zero-order valence-corrected chi connectivity index (χ0v) is 12.7. The fourth-order valence-electron chi connectivity index (χ4n) is 2.65. The molecule has 2 aliphatic heterocycles. The average Bonchev–Trinajstić information content (AvgIpc) is 2.78. The van der Waals surface area contributed by atoms with Gasteiger partial charge >= 0.3 is 0 Å². The summed E-state index contributed by atoms with van der Waals surface area (Å²) >= 11 is 1.01. The molecular formula is C15H17N3O2S. The molecule has 3 rings (SSSR count). The number of hydrogen-bond acceptors (Lipinski definition) is 6. The molecule has 1 atom stereocenters. The summed E-state index contributed by atoms with van der Waals surface area (Å²) in [7, 11) is 0. The lowest BCUT2D eigenvalue weighted by molar-refractivity contribution is -0.119. The molecule has 21 heavy (non-hydrogen) atoms. The van der Waals surface area contributed by atoms with Crippen LogP contribution in [0.15, 0.2) is 17.2 Å². The van der Waals surface area contributed by atoms with E-state index in [0.29, 0.717) is 22.6 Å². The van der Waals surface area contributed by atoms with Crippen LogP contribution in [0.25, 0.3) is 6.08 Å². The van der Waals surface area contributed by atoms with Gasteiger partial charge in [0, 0.05) is 18.8 Å². The molecule has 1 unspecified atom stereocenters. The van der Waals surface area contributed by atoms with Gasteiger partial charge in [0.15, 0.2) is 5.78 Å². The SMILES string of the molecule is CC1CCCCN1c1nccc(/C=C2\SC(=O)CC2=O)n1. The van der Waals surface area contributed by atoms with Gasteiger partial charge < -0.3 is 4.90 Å². The maximum Gasteiger partial charge on any atom is 0.226 e. The molecule has 0 bridgehead atoms. The van der Waals surface area contributed by atoms with E-state index in [1.807, 2.05) is 0 Å². The Morgan fingerprint density at radius 1 is 1.38 bits per heavy atom. The van der Waals surface area contributed by atoms with Crippen molar-refractivity contribution in [3.05, 3.63) is 22.9 Å². The van der Waals surface area contributed by atoms with Crippen molar-refractivity contribution < 1.29 is 9.59 Å². The molecule has 2 fully saturated rings. The van der Waals surface area contributed by atoms with Gasteiger partial charge in [0.05, 0.1) is 17.0 Å². The van der Waals surface area contributed by atoms with E-state index >= 15 is 0 Å². The maximum absolute atomic E-state index is 11.7. The number of ketones is 1. The maximum atomic E-state index is 11.7. The summed E-state index contributed by atoms with van der Waals surface area (Å²) in [6, 6.07) is 2.20. The van der Waals surface area contributed by atoms with Crippen LogP contribution in [0.3, 0.4) is 0 Å². The van der Waals surface area contributed by atoms with E-state index in [1.165, 1.54) is 6.42 Å². The molecule has 1 aromatic rings. The Morgan fingerprint density at radius 2 is 2.24 bits per heavy atom. The van der Waals surface area contributed by atoms with E-state index in [1.54, 1.807) is 18.3 Å². The second-order valence-electron chi connectivity index (χ2n) is 5.40. The summed E-state index contributed by atoms with van der Waals surface area (Å²) in [5.74, 6) is 0.592. The number of Topliss-reactive ketones (excluding diaryl/α,β-unsaturated/α-hetero) is 1. The van der Waals surface area contributed by atoms with Gasteiger partial charge in [0.2, 0.25) is 11.1 Å². The van der Waals surface area contributed by atoms with E-state index < -0.39 is 0 Å². The second-order valence-corrected chi connectivity index (χ2v) is 6.50. The first-order valence-electron chi connectivity index (χ1n) is 7.19. The first-order valence-corrected chi connectivity index (χ1v) is 8.00. The van der Waals surface area contributed by atoms with Crippen molar-refractivity contribution in [2.45, 2.75) is 38.6 Å². The first-order chi connectivity index (χ1) is 10.1. The van der Waals surface area contributed by atoms with Crippen molar-refractivity contribution in [2.75, 3.05) is 11.4 Å². The number of piperidine rings is 1. The molecule has 0 radical (unpaired) electrons. The Kier molecular flexibility index (Phi) is 4.05. The minimum Gasteiger partial charge on any atom is -0.338 e. The van der Waals surface area contributed by atoms with E-state index in [2.05, 4.69) is 21.8 Å². The Balaban J connectivity index is 1.85. The van der Waals surface area contributed by atoms with Crippen molar-refractivity contribution in [1.29, 1.82) is 0 Å². The monoisotopic (exact) mass is 303 g/mol. The van der Waals surface area contributed by atoms with E-state index in [0.717, 1.165) is 31.1 Å². The third kappa shape index (κ3) is 3.15. The van der Waals surface area contributed by atoms with Gasteiger partial charge in [-0.05, 0) is 50.1 Å². The minimum atomic E-state index is -0.114. The van der Waals surface area contributed by atoms with Gasteiger partial charge in [0.1, 0.15) is 0 Å². The molecule has 1 aromatic heterocycles. The molecule has 3 heterocycles. The van der Waals surface area contributed by atoms with Crippen LogP contribution in [0.1, 0.15) is 38.3 Å². The lowest BCUT2D eigenvalue weighted by atomic mass is 10.0. The standard InChI is InChI=1S/C15H17N3O2S/c1-10-4-2-3-7-18(10)15-16-6-5-11(17-15)8-13-12(19)9-14(20)21-13/h5-6,8,10H,2-4,7,9H2,1H3/b13-8-. The summed E-state index contributed by atoms with van der Waals surface area (Å²) in [5.41, 5.74) is 0.684. The fraction of sp³-hybridized carbons (Fsp3) is 0.467. The van der Waals surface area contributed by atoms with Gasteiger partial charge in [0.25, 0.3) is 0 Å². The summed E-state index contributed by atoms with van der Waals surface area (Å²) in [6.07, 6.45) is 6.95. The lowest BCUT2D eigenvalue weighted by Crippen LogP contribution is -2.38. The van der Waals surface area contributed by atoms with Crippen molar-refractivity contribution in [1.82, 2.24) is 9.97 Å². The predicted octanol–water partition coefficient (Wildman–Crippen LogP) is 2.43. The number of hydrogen-bond donors (Lipinski definition) is 0. The highest BCUT2D eigenvalue weighted by molar-refractivity contribution is 8.18. The molecule has 5 nitrogen and oxygen atoms in total. The molecule has 2 saturated heterocycles. The van der Waals surface area contributed by atoms with E-state index in [4.69, 9.17) is 0 Å². The topological polar surface area (TPSA) is 63.2 Å². The molecule has 0 spiro atoms. The van der Waals surface area contributed by atoms with Crippen LogP contribution in [0.2, 0.25) is 0 Å². The van der Waals surface area contributed by atoms with Crippen LogP contribution in [-0.2, 0) is 9.59 Å². The number of anilines is 1. The number of carbonyl (C=O) groups excluding carboxylic acids is 2. The van der Waals surface area contributed by atoms with E-state index in [9.17, 15) is 9.59 Å². The van der Waals surface area contributed by atoms with Gasteiger partial charge in [-0.3, -0.25) is 9.59 Å². The molecule has 0 saturated carbocycles. The Labute approximate surface area is 127 Å². The molecule has 0 aromatic carbocycles. The van der Waals surface area contributed by atoms with Crippen LogP contribution < -0.4 is 4.90 Å². The predicted molar refractivity (Wildman–Crippen MR) is 82.9 cm³/mol. The summed E-state index contributed by atoms with van der Waals surface area (Å²) in [6.45, 7) is 3.15. The minimum absolute atomic E-state index is 0.00238. The highest BCUT2D eigenvalue weighted by atomic mass is 32.2. The molecule has 110 valence electrons. The number of allylic oxidation sites excluding steroid dienone is 1. The summed E-state index contributed by atoms with van der Waals surface area (Å²) in [4.78, 5) is 34.5. The molecule has 0 aliphatic carbocycles. The molecular weight excluding hydrogens is 286 g/mol. The smallest absolute Gasteiger partial charge is 0.226 e. The highest BCUT2D eigenvalue weighted by Crippen LogP contribution is 2.30. The quantitative estimate of drug-likeness (QED) is 0.617. The lowest BCUT2D eigenvalue weighted by Gasteiger charge is -2.33. The number of aromatic nitrogens is 2. The van der Waals surface area contributed by atoms with Crippen molar-refractivity contribution in [3.63, 3.8) is 0 Å². The van der Waals surface area contributed by atoms with Gasteiger partial charge in [-0.2, -0.15) is 0 Å². The highest BCUT2D eigenvalue weighted by Gasteiger charge is 2.26. The normalized spacial score (nSPS) is 24.9. The van der Waals surface area contributed by atoms with Gasteiger partial charge in [-0.1, -0.05) is 0 Å². The Hall–Kier alpha value is -1.69. The number of thioether (sulfide) groups is 1. The Morgan fingerprint density at radius 3 is 2.95 bits per heavy atom. The third-order valence-corrected chi connectivity index (χ3v) is 4.74. The van der Waals surface area contributed by atoms with Crippen LogP contribution in [0.4, 0.5) is 5.95 Å². The average molecular weight is 303 g/mol.